The molecule has 0 aliphatic carbocycles. The molecule has 0 radical (unpaired) electrons. The Bertz CT molecular complexity index is 757. The lowest BCUT2D eigenvalue weighted by Gasteiger charge is -2.13. The van der Waals surface area contributed by atoms with Crippen molar-refractivity contribution >= 4 is 28.9 Å². The van der Waals surface area contributed by atoms with Crippen molar-refractivity contribution in [1.82, 2.24) is 0 Å². The Morgan fingerprint density at radius 3 is 2.13 bits per heavy atom. The molecule has 0 atom stereocenters. The topological polar surface area (TPSA) is 52.4 Å². The monoisotopic (exact) mass is 369 g/mol. The summed E-state index contributed by atoms with van der Waals surface area (Å²) < 4.78 is 56.2. The number of nitro groups is 1. The second kappa shape index (κ2) is 6.21. The molecule has 0 saturated heterocycles. The second-order valence-electron chi connectivity index (χ2n) is 4.24. The van der Waals surface area contributed by atoms with Gasteiger partial charge in [-0.25, -0.2) is 4.39 Å². The lowest BCUT2D eigenvalue weighted by Crippen LogP contribution is -2.05. The van der Waals surface area contributed by atoms with Gasteiger partial charge in [0.25, 0.3) is 0 Å². The first-order valence-electron chi connectivity index (χ1n) is 5.77. The third-order valence-electron chi connectivity index (χ3n) is 2.66. The van der Waals surface area contributed by atoms with Gasteiger partial charge >= 0.3 is 11.9 Å². The molecular formula is C13H5Cl2F4NO3. The first-order valence-corrected chi connectivity index (χ1v) is 6.53. The summed E-state index contributed by atoms with van der Waals surface area (Å²) in [5.74, 6) is -1.83. The van der Waals surface area contributed by atoms with Crippen LogP contribution < -0.4 is 4.74 Å². The molecule has 4 nitrogen and oxygen atoms in total. The van der Waals surface area contributed by atoms with E-state index < -0.39 is 49.7 Å². The number of rotatable bonds is 3. The minimum absolute atomic E-state index is 0.449. The summed E-state index contributed by atoms with van der Waals surface area (Å²) in [6.07, 6.45) is -4.68. The first kappa shape index (κ1) is 17.3. The van der Waals surface area contributed by atoms with Crippen molar-refractivity contribution in [2.75, 3.05) is 0 Å². The summed E-state index contributed by atoms with van der Waals surface area (Å²) in [7, 11) is 0. The standard InChI is InChI=1S/C13H5Cl2F4NO3/c14-8-3-6(13(17,18)19)4-9(15)12(8)23-11-5-7(16)1-2-10(11)20(21)22/h1-5H. The lowest BCUT2D eigenvalue weighted by molar-refractivity contribution is -0.385. The third-order valence-corrected chi connectivity index (χ3v) is 3.22. The summed E-state index contributed by atoms with van der Waals surface area (Å²) in [5, 5.41) is 9.82. The van der Waals surface area contributed by atoms with Crippen molar-refractivity contribution in [3.63, 3.8) is 0 Å². The highest BCUT2D eigenvalue weighted by molar-refractivity contribution is 6.37. The van der Waals surface area contributed by atoms with Crippen LogP contribution in [0.2, 0.25) is 10.0 Å². The molecule has 0 saturated carbocycles. The number of ether oxygens (including phenoxy) is 1. The SMILES string of the molecule is O=[N+]([O-])c1ccc(F)cc1Oc1c(Cl)cc(C(F)(F)F)cc1Cl. The molecule has 0 N–H and O–H groups in total. The molecule has 0 amide bonds. The van der Waals surface area contributed by atoms with Crippen LogP contribution in [-0.2, 0) is 6.18 Å². The fraction of sp³-hybridized carbons (Fsp3) is 0.0769. The van der Waals surface area contributed by atoms with Crippen molar-refractivity contribution in [3.8, 4) is 11.5 Å². The predicted molar refractivity (Wildman–Crippen MR) is 74.6 cm³/mol. The molecule has 2 aromatic carbocycles. The molecule has 23 heavy (non-hydrogen) atoms. The largest absolute Gasteiger partial charge is 0.447 e. The number of hydrogen-bond acceptors (Lipinski definition) is 3. The first-order chi connectivity index (χ1) is 10.6. The van der Waals surface area contributed by atoms with Crippen LogP contribution in [-0.4, -0.2) is 4.92 Å². The molecule has 2 rings (SSSR count). The Morgan fingerprint density at radius 2 is 1.65 bits per heavy atom. The van der Waals surface area contributed by atoms with E-state index in [0.717, 1.165) is 12.1 Å². The molecule has 0 aliphatic rings. The van der Waals surface area contributed by atoms with E-state index in [-0.39, 0.29) is 0 Å². The van der Waals surface area contributed by atoms with Crippen molar-refractivity contribution < 1.29 is 27.2 Å². The van der Waals surface area contributed by atoms with Crippen molar-refractivity contribution in [2.24, 2.45) is 0 Å². The van der Waals surface area contributed by atoms with E-state index in [1.807, 2.05) is 0 Å². The van der Waals surface area contributed by atoms with Crippen LogP contribution in [0.25, 0.3) is 0 Å². The molecule has 0 heterocycles. The molecule has 2 aromatic rings. The maximum Gasteiger partial charge on any atom is 0.416 e. The number of halogens is 6. The average Bonchev–Trinajstić information content (AvgIpc) is 2.41. The van der Waals surface area contributed by atoms with Gasteiger partial charge < -0.3 is 4.74 Å². The quantitative estimate of drug-likeness (QED) is 0.387. The zero-order valence-electron chi connectivity index (χ0n) is 10.8. The highest BCUT2D eigenvalue weighted by Gasteiger charge is 2.32. The van der Waals surface area contributed by atoms with Crippen LogP contribution in [0.15, 0.2) is 30.3 Å². The van der Waals surface area contributed by atoms with E-state index in [1.165, 1.54) is 0 Å². The Hall–Kier alpha value is -2.06. The summed E-state index contributed by atoms with van der Waals surface area (Å²) in [6.45, 7) is 0. The lowest BCUT2D eigenvalue weighted by atomic mass is 10.2. The maximum absolute atomic E-state index is 13.2. The average molecular weight is 370 g/mol. The number of hydrogen-bond donors (Lipinski definition) is 0. The van der Waals surface area contributed by atoms with Gasteiger partial charge in [-0.3, -0.25) is 10.1 Å². The fourth-order valence-electron chi connectivity index (χ4n) is 1.65. The van der Waals surface area contributed by atoms with E-state index in [4.69, 9.17) is 27.9 Å². The number of nitro benzene ring substituents is 1. The second-order valence-corrected chi connectivity index (χ2v) is 5.05. The highest BCUT2D eigenvalue weighted by atomic mass is 35.5. The zero-order chi connectivity index (χ0) is 17.4. The van der Waals surface area contributed by atoms with E-state index >= 15 is 0 Å². The van der Waals surface area contributed by atoms with Gasteiger partial charge in [-0.15, -0.1) is 0 Å². The fourth-order valence-corrected chi connectivity index (χ4v) is 2.22. The number of alkyl halides is 3. The minimum atomic E-state index is -4.68. The number of nitrogens with zero attached hydrogens (tertiary/aromatic N) is 1. The maximum atomic E-state index is 13.2. The molecule has 0 bridgehead atoms. The van der Waals surface area contributed by atoms with Crippen LogP contribution in [0.5, 0.6) is 11.5 Å². The van der Waals surface area contributed by atoms with Gasteiger partial charge in [0.1, 0.15) is 5.82 Å². The van der Waals surface area contributed by atoms with Gasteiger partial charge in [0.05, 0.1) is 20.5 Å². The van der Waals surface area contributed by atoms with Crippen molar-refractivity contribution in [2.45, 2.75) is 6.18 Å². The molecule has 0 aromatic heterocycles. The van der Waals surface area contributed by atoms with Crippen molar-refractivity contribution in [1.29, 1.82) is 0 Å². The van der Waals surface area contributed by atoms with Crippen LogP contribution >= 0.6 is 23.2 Å². The Balaban J connectivity index is 2.50. The van der Waals surface area contributed by atoms with Crippen LogP contribution in [0.4, 0.5) is 23.2 Å². The molecule has 0 fully saturated rings. The van der Waals surface area contributed by atoms with Crippen LogP contribution in [0.3, 0.4) is 0 Å². The van der Waals surface area contributed by atoms with Crippen LogP contribution in [0, 0.1) is 15.9 Å². The normalized spacial score (nSPS) is 11.4. The number of benzene rings is 2. The molecule has 122 valence electrons. The minimum Gasteiger partial charge on any atom is -0.447 e. The highest BCUT2D eigenvalue weighted by Crippen LogP contribution is 2.43. The van der Waals surface area contributed by atoms with Gasteiger partial charge in [-0.2, -0.15) is 13.2 Å². The smallest absolute Gasteiger partial charge is 0.416 e. The summed E-state index contributed by atoms with van der Waals surface area (Å²) in [6, 6.07) is 3.47. The zero-order valence-corrected chi connectivity index (χ0v) is 12.3. The molecule has 0 aliphatic heterocycles. The van der Waals surface area contributed by atoms with Gasteiger partial charge in [-0.1, -0.05) is 23.2 Å². The molecule has 0 spiro atoms. The predicted octanol–water partition coefficient (Wildman–Crippen LogP) is 5.85. The Labute approximate surface area is 136 Å². The molecule has 10 heteroatoms. The summed E-state index contributed by atoms with van der Waals surface area (Å²) in [4.78, 5) is 10.0. The molecular weight excluding hydrogens is 365 g/mol. The van der Waals surface area contributed by atoms with Gasteiger partial charge in [-0.05, 0) is 18.2 Å². The van der Waals surface area contributed by atoms with E-state index in [9.17, 15) is 27.7 Å². The Morgan fingerprint density at radius 1 is 1.09 bits per heavy atom. The van der Waals surface area contributed by atoms with E-state index in [1.54, 1.807) is 0 Å². The molecule has 0 unspecified atom stereocenters. The summed E-state index contributed by atoms with van der Waals surface area (Å²) in [5.41, 5.74) is -1.72. The van der Waals surface area contributed by atoms with E-state index in [0.29, 0.717) is 18.2 Å². The van der Waals surface area contributed by atoms with Gasteiger partial charge in [0.2, 0.25) is 5.75 Å². The summed E-state index contributed by atoms with van der Waals surface area (Å²) >= 11 is 11.4. The third kappa shape index (κ3) is 3.83. The van der Waals surface area contributed by atoms with Crippen molar-refractivity contribution in [3.05, 3.63) is 61.9 Å². The van der Waals surface area contributed by atoms with Gasteiger partial charge in [0, 0.05) is 12.1 Å². The van der Waals surface area contributed by atoms with E-state index in [2.05, 4.69) is 0 Å². The van der Waals surface area contributed by atoms with Crippen LogP contribution in [0.1, 0.15) is 5.56 Å². The van der Waals surface area contributed by atoms with Gasteiger partial charge in [0.15, 0.2) is 5.75 Å². The Kier molecular flexibility index (Phi) is 4.67.